The van der Waals surface area contributed by atoms with Gasteiger partial charge in [0.2, 0.25) is 0 Å². The summed E-state index contributed by atoms with van der Waals surface area (Å²) in [6.07, 6.45) is 1.58. The van der Waals surface area contributed by atoms with Gasteiger partial charge in [-0.1, -0.05) is 31.2 Å². The summed E-state index contributed by atoms with van der Waals surface area (Å²) in [5, 5.41) is 9.78. The molecule has 1 unspecified atom stereocenters. The number of hydrogen-bond acceptors (Lipinski definition) is 4. The van der Waals surface area contributed by atoms with E-state index in [1.54, 1.807) is 10.4 Å². The van der Waals surface area contributed by atoms with Gasteiger partial charge in [0, 0.05) is 6.54 Å². The zero-order chi connectivity index (χ0) is 14.8. The molecule has 1 aliphatic heterocycles. The first-order valence-electron chi connectivity index (χ1n) is 7.18. The van der Waals surface area contributed by atoms with Crippen molar-refractivity contribution in [3.05, 3.63) is 51.5 Å². The van der Waals surface area contributed by atoms with Crippen molar-refractivity contribution in [1.29, 1.82) is 0 Å². The minimum Gasteiger partial charge on any atom is -0.394 e. The number of carbonyl (C=O) groups is 1. The molecule has 1 aromatic heterocycles. The molecule has 3 rings (SSSR count). The number of hydrogen-bond donors (Lipinski definition) is 1. The van der Waals surface area contributed by atoms with Crippen LogP contribution in [0.2, 0.25) is 0 Å². The second-order valence-electron chi connectivity index (χ2n) is 5.13. The number of fused-ring (bicyclic) bond motifs is 1. The molecule has 0 saturated heterocycles. The normalized spacial score (nSPS) is 17.6. The van der Waals surface area contributed by atoms with E-state index in [9.17, 15) is 9.90 Å². The number of aromatic nitrogens is 1. The van der Waals surface area contributed by atoms with Crippen LogP contribution in [0.3, 0.4) is 0 Å². The predicted molar refractivity (Wildman–Crippen MR) is 82.5 cm³/mol. The summed E-state index contributed by atoms with van der Waals surface area (Å²) in [6.45, 7) is 2.59. The maximum atomic E-state index is 12.8. The van der Waals surface area contributed by atoms with Crippen LogP contribution in [0.15, 0.2) is 29.8 Å². The van der Waals surface area contributed by atoms with Gasteiger partial charge in [0.05, 0.1) is 23.9 Å². The van der Waals surface area contributed by atoms with Crippen LogP contribution in [0, 0.1) is 0 Å². The van der Waals surface area contributed by atoms with Gasteiger partial charge >= 0.3 is 0 Å². The van der Waals surface area contributed by atoms with Crippen LogP contribution in [-0.4, -0.2) is 34.0 Å². The van der Waals surface area contributed by atoms with E-state index < -0.39 is 0 Å². The second-order valence-corrected chi connectivity index (χ2v) is 5.98. The Bertz CT molecular complexity index is 653. The number of aliphatic hydroxyl groups is 1. The summed E-state index contributed by atoms with van der Waals surface area (Å²) in [4.78, 5) is 19.5. The molecule has 1 aromatic carbocycles. The predicted octanol–water partition coefficient (Wildman–Crippen LogP) is 2.44. The lowest BCUT2D eigenvalue weighted by Gasteiger charge is -2.36. The number of nitrogens with zero attached hydrogens (tertiary/aromatic N) is 2. The van der Waals surface area contributed by atoms with E-state index in [-0.39, 0.29) is 18.6 Å². The zero-order valence-corrected chi connectivity index (χ0v) is 12.8. The Morgan fingerprint density at radius 2 is 2.29 bits per heavy atom. The number of aryl methyl sites for hydroxylation is 1. The first kappa shape index (κ1) is 14.2. The van der Waals surface area contributed by atoms with E-state index in [2.05, 4.69) is 11.1 Å². The SMILES string of the molecule is CCc1ncsc1C(=O)N1CCc2ccccc2C1CO. The zero-order valence-electron chi connectivity index (χ0n) is 12.0. The van der Waals surface area contributed by atoms with Crippen molar-refractivity contribution in [3.63, 3.8) is 0 Å². The molecule has 0 radical (unpaired) electrons. The number of carbonyl (C=O) groups excluding carboxylic acids is 1. The standard InChI is InChI=1S/C16H18N2O2S/c1-2-13-15(21-10-17-13)16(20)18-8-7-11-5-3-4-6-12(11)14(18)9-19/h3-6,10,14,19H,2,7-9H2,1H3. The molecule has 4 nitrogen and oxygen atoms in total. The highest BCUT2D eigenvalue weighted by Crippen LogP contribution is 2.31. The van der Waals surface area contributed by atoms with Gasteiger partial charge in [0.15, 0.2) is 0 Å². The van der Waals surface area contributed by atoms with Crippen LogP contribution in [0.5, 0.6) is 0 Å². The Kier molecular flexibility index (Phi) is 4.03. The summed E-state index contributed by atoms with van der Waals surface area (Å²) >= 11 is 1.39. The number of aliphatic hydroxyl groups excluding tert-OH is 1. The average molecular weight is 302 g/mol. The van der Waals surface area contributed by atoms with Crippen molar-refractivity contribution < 1.29 is 9.90 Å². The van der Waals surface area contributed by atoms with Crippen molar-refractivity contribution in [3.8, 4) is 0 Å². The lowest BCUT2D eigenvalue weighted by Crippen LogP contribution is -2.41. The smallest absolute Gasteiger partial charge is 0.266 e. The molecule has 1 atom stereocenters. The molecule has 0 bridgehead atoms. The molecular weight excluding hydrogens is 284 g/mol. The molecule has 2 aromatic rings. The average Bonchev–Trinajstić information content (AvgIpc) is 3.01. The molecule has 110 valence electrons. The quantitative estimate of drug-likeness (QED) is 0.947. The Hall–Kier alpha value is -1.72. The van der Waals surface area contributed by atoms with E-state index in [4.69, 9.17) is 0 Å². The van der Waals surface area contributed by atoms with Crippen LogP contribution < -0.4 is 0 Å². The molecule has 21 heavy (non-hydrogen) atoms. The van der Waals surface area contributed by atoms with E-state index in [1.165, 1.54) is 16.9 Å². The van der Waals surface area contributed by atoms with Crippen LogP contribution >= 0.6 is 11.3 Å². The number of benzene rings is 1. The van der Waals surface area contributed by atoms with Gasteiger partial charge in [-0.2, -0.15) is 0 Å². The maximum Gasteiger partial charge on any atom is 0.266 e. The molecule has 5 heteroatoms. The van der Waals surface area contributed by atoms with Crippen molar-refractivity contribution in [2.45, 2.75) is 25.8 Å². The molecule has 2 heterocycles. The Morgan fingerprint density at radius 1 is 1.48 bits per heavy atom. The molecule has 0 saturated carbocycles. The second kappa shape index (κ2) is 5.95. The molecule has 0 fully saturated rings. The van der Waals surface area contributed by atoms with Crippen molar-refractivity contribution in [2.75, 3.05) is 13.2 Å². The van der Waals surface area contributed by atoms with E-state index in [0.717, 1.165) is 24.1 Å². The van der Waals surface area contributed by atoms with Gasteiger partial charge in [-0.05, 0) is 24.0 Å². The van der Waals surface area contributed by atoms with Crippen LogP contribution in [-0.2, 0) is 12.8 Å². The third-order valence-electron chi connectivity index (χ3n) is 4.02. The highest BCUT2D eigenvalue weighted by molar-refractivity contribution is 7.11. The minimum atomic E-state index is -0.255. The topological polar surface area (TPSA) is 53.4 Å². The lowest BCUT2D eigenvalue weighted by molar-refractivity contribution is 0.0572. The fourth-order valence-corrected chi connectivity index (χ4v) is 3.75. The third-order valence-corrected chi connectivity index (χ3v) is 4.87. The number of thiazole rings is 1. The van der Waals surface area contributed by atoms with Crippen LogP contribution in [0.4, 0.5) is 0 Å². The van der Waals surface area contributed by atoms with Gasteiger partial charge in [-0.3, -0.25) is 4.79 Å². The summed E-state index contributed by atoms with van der Waals surface area (Å²) in [7, 11) is 0. The van der Waals surface area contributed by atoms with Crippen LogP contribution in [0.1, 0.15) is 39.5 Å². The van der Waals surface area contributed by atoms with Gasteiger partial charge in [0.1, 0.15) is 4.88 Å². The van der Waals surface area contributed by atoms with E-state index in [0.29, 0.717) is 11.4 Å². The Labute approximate surface area is 128 Å². The first-order chi connectivity index (χ1) is 10.3. The minimum absolute atomic E-state index is 0.0112. The molecular formula is C16H18N2O2S. The summed E-state index contributed by atoms with van der Waals surface area (Å²) in [5.41, 5.74) is 4.85. The van der Waals surface area contributed by atoms with Crippen molar-refractivity contribution >= 4 is 17.2 Å². The fourth-order valence-electron chi connectivity index (χ4n) is 2.92. The highest BCUT2D eigenvalue weighted by atomic mass is 32.1. The summed E-state index contributed by atoms with van der Waals surface area (Å²) in [6, 6.07) is 7.78. The summed E-state index contributed by atoms with van der Waals surface area (Å²) < 4.78 is 0. The fraction of sp³-hybridized carbons (Fsp3) is 0.375. The third kappa shape index (κ3) is 2.47. The molecule has 1 aliphatic rings. The largest absolute Gasteiger partial charge is 0.394 e. The Morgan fingerprint density at radius 3 is 3.05 bits per heavy atom. The van der Waals surface area contributed by atoms with Gasteiger partial charge in [-0.15, -0.1) is 11.3 Å². The molecule has 0 aliphatic carbocycles. The highest BCUT2D eigenvalue weighted by Gasteiger charge is 2.32. The van der Waals surface area contributed by atoms with Crippen LogP contribution in [0.25, 0.3) is 0 Å². The maximum absolute atomic E-state index is 12.8. The lowest BCUT2D eigenvalue weighted by atomic mass is 9.93. The first-order valence-corrected chi connectivity index (χ1v) is 8.06. The van der Waals surface area contributed by atoms with E-state index in [1.807, 2.05) is 25.1 Å². The summed E-state index contributed by atoms with van der Waals surface area (Å²) in [5.74, 6) is -0.0112. The Balaban J connectivity index is 1.94. The number of amides is 1. The van der Waals surface area contributed by atoms with E-state index >= 15 is 0 Å². The molecule has 0 spiro atoms. The molecule has 1 amide bonds. The van der Waals surface area contributed by atoms with Crippen molar-refractivity contribution in [1.82, 2.24) is 9.88 Å². The number of rotatable bonds is 3. The van der Waals surface area contributed by atoms with Gasteiger partial charge in [-0.25, -0.2) is 4.98 Å². The van der Waals surface area contributed by atoms with Crippen molar-refractivity contribution in [2.24, 2.45) is 0 Å². The van der Waals surface area contributed by atoms with Gasteiger partial charge < -0.3 is 10.0 Å². The molecule has 1 N–H and O–H groups in total. The van der Waals surface area contributed by atoms with Gasteiger partial charge in [0.25, 0.3) is 5.91 Å². The monoisotopic (exact) mass is 302 g/mol.